The van der Waals surface area contributed by atoms with Crippen LogP contribution in [0.25, 0.3) is 11.0 Å². The van der Waals surface area contributed by atoms with Gasteiger partial charge >= 0.3 is 0 Å². The molecule has 0 aliphatic carbocycles. The Bertz CT molecular complexity index is 1490. The molecule has 2 N–H and O–H groups in total. The van der Waals surface area contributed by atoms with Crippen molar-refractivity contribution in [2.45, 2.75) is 12.6 Å². The number of aliphatic hydroxyl groups is 1. The van der Waals surface area contributed by atoms with Crippen molar-refractivity contribution >= 4 is 22.7 Å². The molecule has 3 aromatic carbocycles. The first-order valence-electron chi connectivity index (χ1n) is 10.8. The highest BCUT2D eigenvalue weighted by Crippen LogP contribution is 2.41. The number of hydrogen-bond donors (Lipinski definition) is 2. The number of phenols is 1. The predicted molar refractivity (Wildman–Crippen MR) is 125 cm³/mol. The number of rotatable bonds is 6. The van der Waals surface area contributed by atoms with Crippen LogP contribution in [-0.4, -0.2) is 33.9 Å². The Hall–Kier alpha value is -4.59. The summed E-state index contributed by atoms with van der Waals surface area (Å²) in [6.07, 6.45) is 0. The maximum absolute atomic E-state index is 13.6. The van der Waals surface area contributed by atoms with Gasteiger partial charge in [0.15, 0.2) is 22.9 Å². The van der Waals surface area contributed by atoms with Crippen LogP contribution in [0.5, 0.6) is 11.5 Å². The number of amides is 1. The molecular formula is C27H20FNO6. The Balaban J connectivity index is 1.60. The number of Topliss-reactive ketones (excluding diaryl/α,β-unsaturated/α-hetero) is 1. The first-order chi connectivity index (χ1) is 16.9. The number of fused-ring (bicyclic) bond motifs is 1. The fourth-order valence-corrected chi connectivity index (χ4v) is 4.32. The fraction of sp³-hybridized carbons (Fsp3) is 0.111. The number of phenolic OH excluding ortho intramolecular Hbond substituents is 1. The molecule has 35 heavy (non-hydrogen) atoms. The van der Waals surface area contributed by atoms with Crippen molar-refractivity contribution in [2.75, 3.05) is 7.11 Å². The molecular weight excluding hydrogens is 453 g/mol. The molecule has 2 heterocycles. The SMILES string of the molecule is COc1cccc2cc(C(=O)C3=C(O)C(=O)N(Cc4ccc(F)cc4)C3c3cccc(O)c3)oc12. The van der Waals surface area contributed by atoms with Crippen LogP contribution in [0.3, 0.4) is 0 Å². The molecule has 4 aromatic rings. The van der Waals surface area contributed by atoms with Gasteiger partial charge in [0.1, 0.15) is 11.6 Å². The van der Waals surface area contributed by atoms with E-state index in [1.165, 1.54) is 54.5 Å². The van der Waals surface area contributed by atoms with E-state index in [-0.39, 0.29) is 23.6 Å². The lowest BCUT2D eigenvalue weighted by Crippen LogP contribution is -2.30. The van der Waals surface area contributed by atoms with E-state index in [0.29, 0.717) is 27.8 Å². The smallest absolute Gasteiger partial charge is 0.290 e. The fourth-order valence-electron chi connectivity index (χ4n) is 4.32. The Morgan fingerprint density at radius 2 is 1.80 bits per heavy atom. The molecule has 8 heteroatoms. The molecule has 0 radical (unpaired) electrons. The average Bonchev–Trinajstić information content (AvgIpc) is 3.40. The lowest BCUT2D eigenvalue weighted by atomic mass is 9.94. The lowest BCUT2D eigenvalue weighted by molar-refractivity contribution is -0.130. The van der Waals surface area contributed by atoms with Crippen LogP contribution < -0.4 is 4.74 Å². The highest BCUT2D eigenvalue weighted by molar-refractivity contribution is 6.16. The molecule has 5 rings (SSSR count). The number of aromatic hydroxyl groups is 1. The number of furan rings is 1. The summed E-state index contributed by atoms with van der Waals surface area (Å²) in [5, 5.41) is 21.5. The van der Waals surface area contributed by atoms with Crippen LogP contribution in [-0.2, 0) is 11.3 Å². The normalized spacial score (nSPS) is 15.8. The number of nitrogens with zero attached hydrogens (tertiary/aromatic N) is 1. The number of carbonyl (C=O) groups excluding carboxylic acids is 2. The zero-order valence-corrected chi connectivity index (χ0v) is 18.6. The Labute approximate surface area is 199 Å². The lowest BCUT2D eigenvalue weighted by Gasteiger charge is -2.27. The van der Waals surface area contributed by atoms with E-state index in [9.17, 15) is 24.2 Å². The summed E-state index contributed by atoms with van der Waals surface area (Å²) in [5.41, 5.74) is 1.20. The topological polar surface area (TPSA) is 100 Å². The molecule has 1 amide bonds. The van der Waals surface area contributed by atoms with Crippen LogP contribution in [0.15, 0.2) is 88.5 Å². The molecule has 0 bridgehead atoms. The van der Waals surface area contributed by atoms with Crippen LogP contribution in [0.1, 0.15) is 27.7 Å². The van der Waals surface area contributed by atoms with Gasteiger partial charge in [-0.2, -0.15) is 0 Å². The van der Waals surface area contributed by atoms with E-state index in [4.69, 9.17) is 9.15 Å². The zero-order chi connectivity index (χ0) is 24.7. The zero-order valence-electron chi connectivity index (χ0n) is 18.6. The molecule has 176 valence electrons. The summed E-state index contributed by atoms with van der Waals surface area (Å²) in [6.45, 7) is -0.00572. The van der Waals surface area contributed by atoms with Crippen LogP contribution in [0.4, 0.5) is 4.39 Å². The number of ketones is 1. The minimum atomic E-state index is -1.01. The molecule has 7 nitrogen and oxygen atoms in total. The second-order valence-electron chi connectivity index (χ2n) is 8.14. The molecule has 0 spiro atoms. The Morgan fingerprint density at radius 1 is 1.06 bits per heavy atom. The number of carbonyl (C=O) groups is 2. The summed E-state index contributed by atoms with van der Waals surface area (Å²) in [5.74, 6) is -2.29. The van der Waals surface area contributed by atoms with Crippen LogP contribution in [0.2, 0.25) is 0 Å². The number of benzene rings is 3. The van der Waals surface area contributed by atoms with Crippen LogP contribution >= 0.6 is 0 Å². The van der Waals surface area contributed by atoms with Crippen molar-refractivity contribution in [3.05, 3.63) is 107 Å². The number of ether oxygens (including phenoxy) is 1. The van der Waals surface area contributed by atoms with Crippen molar-refractivity contribution in [3.63, 3.8) is 0 Å². The highest BCUT2D eigenvalue weighted by atomic mass is 19.1. The minimum Gasteiger partial charge on any atom is -0.508 e. The van der Waals surface area contributed by atoms with Gasteiger partial charge in [0, 0.05) is 11.9 Å². The second kappa shape index (κ2) is 8.64. The molecule has 1 aromatic heterocycles. The highest BCUT2D eigenvalue weighted by Gasteiger charge is 2.44. The van der Waals surface area contributed by atoms with Gasteiger partial charge in [-0.15, -0.1) is 0 Å². The first kappa shape index (κ1) is 22.2. The standard InChI is InChI=1S/C27H20FNO6/c1-34-20-7-3-5-17-13-21(35-26(17)20)24(31)22-23(16-4-2-6-19(30)12-16)29(27(33)25(22)32)14-15-8-10-18(28)11-9-15/h2-13,23,30,32H,14H2,1H3. The third kappa shape index (κ3) is 3.89. The third-order valence-corrected chi connectivity index (χ3v) is 5.95. The summed E-state index contributed by atoms with van der Waals surface area (Å²) in [4.78, 5) is 28.1. The van der Waals surface area contributed by atoms with Gasteiger partial charge in [-0.1, -0.05) is 36.4 Å². The van der Waals surface area contributed by atoms with Gasteiger partial charge in [0.05, 0.1) is 18.7 Å². The largest absolute Gasteiger partial charge is 0.508 e. The summed E-state index contributed by atoms with van der Waals surface area (Å²) < 4.78 is 24.5. The van der Waals surface area contributed by atoms with Crippen molar-refractivity contribution < 1.29 is 33.3 Å². The van der Waals surface area contributed by atoms with Crippen molar-refractivity contribution in [1.82, 2.24) is 4.90 Å². The maximum atomic E-state index is 13.6. The minimum absolute atomic E-state index is 0.00572. The molecule has 1 aliphatic heterocycles. The molecule has 0 saturated heterocycles. The second-order valence-corrected chi connectivity index (χ2v) is 8.14. The molecule has 1 aliphatic rings. The van der Waals surface area contributed by atoms with Crippen LogP contribution in [0, 0.1) is 5.82 Å². The molecule has 0 saturated carbocycles. The van der Waals surface area contributed by atoms with Gasteiger partial charge in [-0.25, -0.2) is 4.39 Å². The van der Waals surface area contributed by atoms with E-state index in [0.717, 1.165) is 0 Å². The molecule has 1 unspecified atom stereocenters. The monoisotopic (exact) mass is 473 g/mol. The number of methoxy groups -OCH3 is 1. The van der Waals surface area contributed by atoms with Gasteiger partial charge in [-0.05, 0) is 47.5 Å². The number of halogens is 1. The van der Waals surface area contributed by atoms with Crippen molar-refractivity contribution in [1.29, 1.82) is 0 Å². The van der Waals surface area contributed by atoms with Gasteiger partial charge in [-0.3, -0.25) is 9.59 Å². The summed E-state index contributed by atoms with van der Waals surface area (Å²) in [7, 11) is 1.48. The van der Waals surface area contributed by atoms with E-state index in [1.807, 2.05) is 0 Å². The molecule has 1 atom stereocenters. The van der Waals surface area contributed by atoms with E-state index in [2.05, 4.69) is 0 Å². The summed E-state index contributed by atoms with van der Waals surface area (Å²) in [6, 6.07) is 17.4. The summed E-state index contributed by atoms with van der Waals surface area (Å²) >= 11 is 0. The number of para-hydroxylation sites is 1. The quantitative estimate of drug-likeness (QED) is 0.380. The van der Waals surface area contributed by atoms with Gasteiger partial charge < -0.3 is 24.3 Å². The predicted octanol–water partition coefficient (Wildman–Crippen LogP) is 5.06. The van der Waals surface area contributed by atoms with E-state index >= 15 is 0 Å². The maximum Gasteiger partial charge on any atom is 0.290 e. The Morgan fingerprint density at radius 3 is 2.51 bits per heavy atom. The van der Waals surface area contributed by atoms with Gasteiger partial charge in [0.2, 0.25) is 5.78 Å². The Kier molecular flexibility index (Phi) is 5.49. The van der Waals surface area contributed by atoms with Crippen molar-refractivity contribution in [2.24, 2.45) is 0 Å². The van der Waals surface area contributed by atoms with E-state index in [1.54, 1.807) is 30.3 Å². The van der Waals surface area contributed by atoms with Crippen molar-refractivity contribution in [3.8, 4) is 11.5 Å². The first-order valence-corrected chi connectivity index (χ1v) is 10.8. The number of aliphatic hydroxyl groups excluding tert-OH is 1. The average molecular weight is 473 g/mol. The number of hydrogen-bond acceptors (Lipinski definition) is 6. The van der Waals surface area contributed by atoms with Gasteiger partial charge in [0.25, 0.3) is 5.91 Å². The molecule has 0 fully saturated rings. The van der Waals surface area contributed by atoms with E-state index < -0.39 is 29.3 Å². The third-order valence-electron chi connectivity index (χ3n) is 5.95.